The van der Waals surface area contributed by atoms with Crippen LogP contribution >= 0.6 is 23.2 Å². The first-order chi connectivity index (χ1) is 13.4. The van der Waals surface area contributed by atoms with Crippen LogP contribution in [0.1, 0.15) is 25.8 Å². The lowest BCUT2D eigenvalue weighted by atomic mass is 10.1. The smallest absolute Gasteiger partial charge is 0.266 e. The number of hydrogen-bond donors (Lipinski definition) is 1. The molecule has 0 saturated heterocycles. The van der Waals surface area contributed by atoms with Crippen LogP contribution in [0.25, 0.3) is 6.08 Å². The molecule has 0 heterocycles. The van der Waals surface area contributed by atoms with Gasteiger partial charge in [0, 0.05) is 0 Å². The maximum Gasteiger partial charge on any atom is 0.266 e. The summed E-state index contributed by atoms with van der Waals surface area (Å²) in [5.41, 5.74) is 0.848. The third-order valence-electron chi connectivity index (χ3n) is 3.94. The second-order valence-corrected chi connectivity index (χ2v) is 6.79. The van der Waals surface area contributed by atoms with E-state index in [1.807, 2.05) is 19.9 Å². The minimum absolute atomic E-state index is 0.0381. The number of rotatable bonds is 7. The number of para-hydroxylation sites is 1. The average Bonchev–Trinajstić information content (AvgIpc) is 2.69. The summed E-state index contributed by atoms with van der Waals surface area (Å²) in [4.78, 5) is 12.4. The maximum atomic E-state index is 12.4. The summed E-state index contributed by atoms with van der Waals surface area (Å²) in [6, 6.07) is 11.9. The minimum atomic E-state index is -0.578. The van der Waals surface area contributed by atoms with E-state index in [9.17, 15) is 10.1 Å². The van der Waals surface area contributed by atoms with Crippen LogP contribution in [0.5, 0.6) is 11.5 Å². The van der Waals surface area contributed by atoms with Crippen LogP contribution in [0.4, 0.5) is 5.69 Å². The van der Waals surface area contributed by atoms with Crippen LogP contribution in [0.15, 0.2) is 42.0 Å². The lowest BCUT2D eigenvalue weighted by molar-refractivity contribution is -0.112. The van der Waals surface area contributed by atoms with Gasteiger partial charge in [-0.1, -0.05) is 42.3 Å². The molecule has 2 rings (SSSR count). The lowest BCUT2D eigenvalue weighted by Gasteiger charge is -2.17. The summed E-state index contributed by atoms with van der Waals surface area (Å²) < 4.78 is 11.2. The van der Waals surface area contributed by atoms with E-state index in [1.54, 1.807) is 36.4 Å². The van der Waals surface area contributed by atoms with Gasteiger partial charge in [-0.2, -0.15) is 5.26 Å². The van der Waals surface area contributed by atoms with E-state index >= 15 is 0 Å². The van der Waals surface area contributed by atoms with Crippen LogP contribution in [-0.2, 0) is 4.79 Å². The molecule has 0 spiro atoms. The van der Waals surface area contributed by atoms with E-state index in [0.717, 1.165) is 6.42 Å². The first kappa shape index (κ1) is 21.6. The van der Waals surface area contributed by atoms with E-state index in [2.05, 4.69) is 5.32 Å². The molecule has 0 bridgehead atoms. The maximum absolute atomic E-state index is 12.4. The number of nitrogens with zero attached hydrogens (tertiary/aromatic N) is 1. The molecular formula is C21H20Cl2N2O3. The average molecular weight is 419 g/mol. The fraction of sp³-hybridized carbons (Fsp3) is 0.238. The molecule has 0 aliphatic carbocycles. The highest BCUT2D eigenvalue weighted by molar-refractivity contribution is 6.34. The van der Waals surface area contributed by atoms with Crippen LogP contribution in [-0.4, -0.2) is 19.1 Å². The number of benzene rings is 2. The van der Waals surface area contributed by atoms with E-state index < -0.39 is 5.91 Å². The third kappa shape index (κ3) is 5.41. The van der Waals surface area contributed by atoms with Crippen molar-refractivity contribution in [1.82, 2.24) is 0 Å². The van der Waals surface area contributed by atoms with Crippen molar-refractivity contribution in [3.8, 4) is 17.6 Å². The first-order valence-corrected chi connectivity index (χ1v) is 9.37. The Bertz CT molecular complexity index is 936. The van der Waals surface area contributed by atoms with E-state index in [0.29, 0.717) is 32.8 Å². The summed E-state index contributed by atoms with van der Waals surface area (Å²) >= 11 is 12.4. The highest BCUT2D eigenvalue weighted by Gasteiger charge is 2.16. The quantitative estimate of drug-likeness (QED) is 0.460. The van der Waals surface area contributed by atoms with Crippen LogP contribution in [0.3, 0.4) is 0 Å². The molecule has 2 aromatic rings. The Morgan fingerprint density at radius 2 is 2.00 bits per heavy atom. The molecule has 1 unspecified atom stereocenters. The Morgan fingerprint density at radius 1 is 1.29 bits per heavy atom. The number of nitrogens with one attached hydrogen (secondary N) is 1. The Hall–Kier alpha value is -2.68. The fourth-order valence-corrected chi connectivity index (χ4v) is 2.74. The van der Waals surface area contributed by atoms with Gasteiger partial charge in [0.05, 0.1) is 28.9 Å². The molecule has 28 heavy (non-hydrogen) atoms. The number of nitriles is 1. The molecule has 0 saturated carbocycles. The van der Waals surface area contributed by atoms with Gasteiger partial charge in [0.25, 0.3) is 5.91 Å². The van der Waals surface area contributed by atoms with Crippen LogP contribution in [0, 0.1) is 11.3 Å². The Balaban J connectivity index is 2.33. The molecular weight excluding hydrogens is 399 g/mol. The number of methoxy groups -OCH3 is 1. The summed E-state index contributed by atoms with van der Waals surface area (Å²) in [6.45, 7) is 3.93. The van der Waals surface area contributed by atoms with Crippen molar-refractivity contribution in [2.45, 2.75) is 26.4 Å². The fourth-order valence-electron chi connectivity index (χ4n) is 2.29. The van der Waals surface area contributed by atoms with Crippen molar-refractivity contribution in [3.05, 3.63) is 57.6 Å². The standard InChI is InChI=1S/C21H20Cl2N2O3/c1-4-13(2)28-20-17(23)10-14(11-19(20)27-3)9-15(12-24)21(26)25-18-8-6-5-7-16(18)22/h5-11,13H,4H2,1-3H3,(H,25,26). The number of hydrogen-bond acceptors (Lipinski definition) is 4. The normalized spacial score (nSPS) is 12.1. The predicted octanol–water partition coefficient (Wildman–Crippen LogP) is 5.72. The molecule has 0 radical (unpaired) electrons. The molecule has 1 amide bonds. The zero-order valence-corrected chi connectivity index (χ0v) is 17.3. The molecule has 1 atom stereocenters. The predicted molar refractivity (Wildman–Crippen MR) is 112 cm³/mol. The van der Waals surface area contributed by atoms with E-state index in [1.165, 1.54) is 13.2 Å². The highest BCUT2D eigenvalue weighted by Crippen LogP contribution is 2.38. The number of carbonyl (C=O) groups excluding carboxylic acids is 1. The van der Waals surface area contributed by atoms with Crippen molar-refractivity contribution in [2.24, 2.45) is 0 Å². The van der Waals surface area contributed by atoms with E-state index in [4.69, 9.17) is 32.7 Å². The van der Waals surface area contributed by atoms with Crippen molar-refractivity contribution in [2.75, 3.05) is 12.4 Å². The van der Waals surface area contributed by atoms with Gasteiger partial charge in [0.15, 0.2) is 11.5 Å². The topological polar surface area (TPSA) is 71.3 Å². The molecule has 0 aromatic heterocycles. The van der Waals surface area contributed by atoms with Crippen LogP contribution < -0.4 is 14.8 Å². The van der Waals surface area contributed by atoms with Gasteiger partial charge in [-0.15, -0.1) is 0 Å². The zero-order chi connectivity index (χ0) is 20.7. The van der Waals surface area contributed by atoms with Crippen molar-refractivity contribution >= 4 is 40.9 Å². The van der Waals surface area contributed by atoms with Crippen LogP contribution in [0.2, 0.25) is 10.0 Å². The third-order valence-corrected chi connectivity index (χ3v) is 4.55. The SMILES string of the molecule is CCC(C)Oc1c(Cl)cc(C=C(C#N)C(=O)Nc2ccccc2Cl)cc1OC. The molecule has 5 nitrogen and oxygen atoms in total. The number of halogens is 2. The zero-order valence-electron chi connectivity index (χ0n) is 15.8. The monoisotopic (exact) mass is 418 g/mol. The largest absolute Gasteiger partial charge is 0.493 e. The Morgan fingerprint density at radius 3 is 2.61 bits per heavy atom. The number of carbonyl (C=O) groups is 1. The summed E-state index contributed by atoms with van der Waals surface area (Å²) in [7, 11) is 1.50. The lowest BCUT2D eigenvalue weighted by Crippen LogP contribution is -2.13. The summed E-state index contributed by atoms with van der Waals surface area (Å²) in [6.07, 6.45) is 2.19. The van der Waals surface area contributed by atoms with Gasteiger partial charge in [-0.05, 0) is 49.2 Å². The summed E-state index contributed by atoms with van der Waals surface area (Å²) in [5.74, 6) is 0.267. The molecule has 1 N–H and O–H groups in total. The van der Waals surface area contributed by atoms with Gasteiger partial charge < -0.3 is 14.8 Å². The van der Waals surface area contributed by atoms with Gasteiger partial charge in [-0.25, -0.2) is 0 Å². The second kappa shape index (κ2) is 10.0. The molecule has 7 heteroatoms. The van der Waals surface area contributed by atoms with Crippen molar-refractivity contribution < 1.29 is 14.3 Å². The van der Waals surface area contributed by atoms with E-state index in [-0.39, 0.29) is 11.7 Å². The molecule has 146 valence electrons. The van der Waals surface area contributed by atoms with Gasteiger partial charge >= 0.3 is 0 Å². The van der Waals surface area contributed by atoms with Crippen molar-refractivity contribution in [3.63, 3.8) is 0 Å². The number of amides is 1. The van der Waals surface area contributed by atoms with Crippen molar-refractivity contribution in [1.29, 1.82) is 5.26 Å². The Kier molecular flexibility index (Phi) is 7.74. The van der Waals surface area contributed by atoms with Gasteiger partial charge in [-0.3, -0.25) is 4.79 Å². The first-order valence-electron chi connectivity index (χ1n) is 8.61. The highest BCUT2D eigenvalue weighted by atomic mass is 35.5. The molecule has 0 aliphatic heterocycles. The number of ether oxygens (including phenoxy) is 2. The molecule has 0 fully saturated rings. The number of anilines is 1. The van der Waals surface area contributed by atoms with Gasteiger partial charge in [0.2, 0.25) is 0 Å². The minimum Gasteiger partial charge on any atom is -0.493 e. The van der Waals surface area contributed by atoms with Gasteiger partial charge in [0.1, 0.15) is 11.6 Å². The second-order valence-electron chi connectivity index (χ2n) is 5.97. The molecule has 0 aliphatic rings. The molecule has 2 aromatic carbocycles. The summed E-state index contributed by atoms with van der Waals surface area (Å²) in [5, 5.41) is 12.7. The Labute approximate surface area is 174 Å².